The van der Waals surface area contributed by atoms with Crippen LogP contribution in [0, 0.1) is 5.92 Å². The van der Waals surface area contributed by atoms with Crippen LogP contribution in [0.3, 0.4) is 0 Å². The van der Waals surface area contributed by atoms with E-state index in [1.54, 1.807) is 7.05 Å². The second-order valence-corrected chi connectivity index (χ2v) is 5.39. The summed E-state index contributed by atoms with van der Waals surface area (Å²) in [5.74, 6) is 2.07. The number of halogens is 1. The highest BCUT2D eigenvalue weighted by atomic mass is 35.5. The lowest BCUT2D eigenvalue weighted by molar-refractivity contribution is 0.435. The highest BCUT2D eigenvalue weighted by Gasteiger charge is 2.19. The van der Waals surface area contributed by atoms with Gasteiger partial charge in [-0.25, -0.2) is 0 Å². The number of rotatable bonds is 4. The molecule has 0 spiro atoms. The molecule has 1 unspecified atom stereocenters. The third-order valence-corrected chi connectivity index (χ3v) is 3.82. The summed E-state index contributed by atoms with van der Waals surface area (Å²) in [6.45, 7) is 4.27. The molecule has 2 rings (SSSR count). The summed E-state index contributed by atoms with van der Waals surface area (Å²) >= 11 is 5.94. The minimum absolute atomic E-state index is 0.253. The summed E-state index contributed by atoms with van der Waals surface area (Å²) in [5, 5.41) is 3.17. The van der Waals surface area contributed by atoms with Crippen molar-refractivity contribution >= 4 is 23.5 Å². The van der Waals surface area contributed by atoms with Gasteiger partial charge in [0.15, 0.2) is 0 Å². The molecule has 0 bridgehead atoms. The van der Waals surface area contributed by atoms with Gasteiger partial charge in [-0.1, -0.05) is 19.8 Å². The Labute approximate surface area is 119 Å². The van der Waals surface area contributed by atoms with Crippen LogP contribution >= 0.6 is 11.6 Å². The molecule has 1 N–H and O–H groups in total. The molecule has 6 heteroatoms. The highest BCUT2D eigenvalue weighted by molar-refractivity contribution is 6.28. The Kier molecular flexibility index (Phi) is 5.19. The standard InChI is InChI=1S/C13H22ClN5/c1-3-5-10-6-4-8-19(9-7-10)13-17-11(14)16-12(15-2)18-13/h10H,3-9H2,1-2H3,(H,15,16,17,18). The molecule has 106 valence electrons. The van der Waals surface area contributed by atoms with Gasteiger partial charge in [0.05, 0.1) is 0 Å². The lowest BCUT2D eigenvalue weighted by Crippen LogP contribution is -2.26. The van der Waals surface area contributed by atoms with E-state index >= 15 is 0 Å². The third-order valence-electron chi connectivity index (χ3n) is 3.65. The molecule has 1 fully saturated rings. The lowest BCUT2D eigenvalue weighted by atomic mass is 9.96. The van der Waals surface area contributed by atoms with Crippen molar-refractivity contribution in [2.75, 3.05) is 30.4 Å². The minimum atomic E-state index is 0.253. The Balaban J connectivity index is 2.07. The van der Waals surface area contributed by atoms with Crippen LogP contribution in [-0.2, 0) is 0 Å². The van der Waals surface area contributed by atoms with Crippen LogP contribution < -0.4 is 10.2 Å². The van der Waals surface area contributed by atoms with Crippen molar-refractivity contribution in [1.29, 1.82) is 0 Å². The molecular formula is C13H22ClN5. The first-order chi connectivity index (χ1) is 9.22. The zero-order chi connectivity index (χ0) is 13.7. The van der Waals surface area contributed by atoms with Crippen molar-refractivity contribution in [2.45, 2.75) is 39.0 Å². The monoisotopic (exact) mass is 283 g/mol. The van der Waals surface area contributed by atoms with Crippen LogP contribution in [0.4, 0.5) is 11.9 Å². The molecule has 0 aromatic carbocycles. The van der Waals surface area contributed by atoms with Crippen molar-refractivity contribution in [3.63, 3.8) is 0 Å². The second kappa shape index (κ2) is 6.89. The Morgan fingerprint density at radius 3 is 2.84 bits per heavy atom. The van der Waals surface area contributed by atoms with Crippen LogP contribution in [0.25, 0.3) is 0 Å². The van der Waals surface area contributed by atoms with E-state index in [4.69, 9.17) is 11.6 Å². The first kappa shape index (κ1) is 14.3. The molecule has 1 aliphatic heterocycles. The molecule has 0 saturated carbocycles. The van der Waals surface area contributed by atoms with E-state index in [0.29, 0.717) is 11.9 Å². The summed E-state index contributed by atoms with van der Waals surface area (Å²) in [7, 11) is 1.79. The smallest absolute Gasteiger partial charge is 0.231 e. The second-order valence-electron chi connectivity index (χ2n) is 5.05. The number of hydrogen-bond acceptors (Lipinski definition) is 5. The number of nitrogens with zero attached hydrogens (tertiary/aromatic N) is 4. The summed E-state index contributed by atoms with van der Waals surface area (Å²) in [6, 6.07) is 0. The summed E-state index contributed by atoms with van der Waals surface area (Å²) < 4.78 is 0. The van der Waals surface area contributed by atoms with E-state index in [-0.39, 0.29) is 5.28 Å². The first-order valence-electron chi connectivity index (χ1n) is 7.07. The van der Waals surface area contributed by atoms with Crippen LogP contribution in [0.1, 0.15) is 39.0 Å². The first-order valence-corrected chi connectivity index (χ1v) is 7.45. The quantitative estimate of drug-likeness (QED) is 0.921. The van der Waals surface area contributed by atoms with Gasteiger partial charge in [-0.15, -0.1) is 0 Å². The van der Waals surface area contributed by atoms with Crippen molar-refractivity contribution < 1.29 is 0 Å². The maximum atomic E-state index is 5.94. The van der Waals surface area contributed by atoms with Gasteiger partial charge in [-0.3, -0.25) is 0 Å². The normalized spacial score (nSPS) is 20.2. The van der Waals surface area contributed by atoms with Crippen molar-refractivity contribution in [3.8, 4) is 0 Å². The molecule has 0 radical (unpaired) electrons. The zero-order valence-corrected chi connectivity index (χ0v) is 12.4. The predicted molar refractivity (Wildman–Crippen MR) is 78.8 cm³/mol. The summed E-state index contributed by atoms with van der Waals surface area (Å²) in [6.07, 6.45) is 6.32. The van der Waals surface area contributed by atoms with Gasteiger partial charge in [0.25, 0.3) is 0 Å². The van der Waals surface area contributed by atoms with E-state index in [1.807, 2.05) is 0 Å². The largest absolute Gasteiger partial charge is 0.357 e. The van der Waals surface area contributed by atoms with Crippen molar-refractivity contribution in [2.24, 2.45) is 5.92 Å². The van der Waals surface area contributed by atoms with Gasteiger partial charge in [-0.2, -0.15) is 15.0 Å². The molecule has 19 heavy (non-hydrogen) atoms. The molecule has 1 aromatic heterocycles. The van der Waals surface area contributed by atoms with E-state index in [0.717, 1.165) is 19.0 Å². The van der Waals surface area contributed by atoms with E-state index < -0.39 is 0 Å². The maximum Gasteiger partial charge on any atom is 0.231 e. The molecule has 5 nitrogen and oxygen atoms in total. The lowest BCUT2D eigenvalue weighted by Gasteiger charge is -2.20. The van der Waals surface area contributed by atoms with E-state index in [9.17, 15) is 0 Å². The van der Waals surface area contributed by atoms with Crippen LogP contribution in [0.2, 0.25) is 5.28 Å². The third kappa shape index (κ3) is 3.93. The molecule has 1 aromatic rings. The van der Waals surface area contributed by atoms with Gasteiger partial charge >= 0.3 is 0 Å². The molecule has 0 amide bonds. The van der Waals surface area contributed by atoms with Crippen molar-refractivity contribution in [1.82, 2.24) is 15.0 Å². The number of hydrogen-bond donors (Lipinski definition) is 1. The van der Waals surface area contributed by atoms with Crippen LogP contribution in [0.5, 0.6) is 0 Å². The average molecular weight is 284 g/mol. The molecule has 1 atom stereocenters. The number of anilines is 2. The maximum absolute atomic E-state index is 5.94. The van der Waals surface area contributed by atoms with Gasteiger partial charge in [0, 0.05) is 20.1 Å². The zero-order valence-electron chi connectivity index (χ0n) is 11.7. The topological polar surface area (TPSA) is 53.9 Å². The van der Waals surface area contributed by atoms with Crippen LogP contribution in [0.15, 0.2) is 0 Å². The summed E-state index contributed by atoms with van der Waals surface area (Å²) in [5.41, 5.74) is 0. The highest BCUT2D eigenvalue weighted by Crippen LogP contribution is 2.24. The van der Waals surface area contributed by atoms with Gasteiger partial charge in [0.2, 0.25) is 17.2 Å². The Bertz CT molecular complexity index is 412. The molecule has 1 aliphatic rings. The SMILES string of the molecule is CCCC1CCCN(c2nc(Cl)nc(NC)n2)CC1. The van der Waals surface area contributed by atoms with Crippen LogP contribution in [-0.4, -0.2) is 35.1 Å². The molecule has 0 aliphatic carbocycles. The number of nitrogens with one attached hydrogen (secondary N) is 1. The summed E-state index contributed by atoms with van der Waals surface area (Å²) in [4.78, 5) is 14.9. The minimum Gasteiger partial charge on any atom is -0.357 e. The number of aromatic nitrogens is 3. The Hall–Kier alpha value is -1.10. The molecule has 1 saturated heterocycles. The fourth-order valence-electron chi connectivity index (χ4n) is 2.66. The average Bonchev–Trinajstić information content (AvgIpc) is 2.64. The fraction of sp³-hybridized carbons (Fsp3) is 0.769. The molecule has 2 heterocycles. The van der Waals surface area contributed by atoms with E-state index in [2.05, 4.69) is 32.1 Å². The van der Waals surface area contributed by atoms with E-state index in [1.165, 1.54) is 32.1 Å². The Morgan fingerprint density at radius 1 is 1.26 bits per heavy atom. The van der Waals surface area contributed by atoms with Gasteiger partial charge < -0.3 is 10.2 Å². The Morgan fingerprint density at radius 2 is 2.11 bits per heavy atom. The van der Waals surface area contributed by atoms with Gasteiger partial charge in [0.1, 0.15) is 0 Å². The van der Waals surface area contributed by atoms with Gasteiger partial charge in [-0.05, 0) is 36.8 Å². The predicted octanol–water partition coefficient (Wildman–Crippen LogP) is 2.97. The van der Waals surface area contributed by atoms with Crippen molar-refractivity contribution in [3.05, 3.63) is 5.28 Å². The fourth-order valence-corrected chi connectivity index (χ4v) is 2.81. The molecular weight excluding hydrogens is 262 g/mol.